The van der Waals surface area contributed by atoms with Gasteiger partial charge in [-0.1, -0.05) is 18.2 Å². The first-order valence-corrected chi connectivity index (χ1v) is 9.78. The number of fused-ring (bicyclic) bond motifs is 1. The van der Waals surface area contributed by atoms with Gasteiger partial charge in [0, 0.05) is 43.6 Å². The average Bonchev–Trinajstić information content (AvgIpc) is 2.69. The van der Waals surface area contributed by atoms with E-state index in [-0.39, 0.29) is 11.9 Å². The van der Waals surface area contributed by atoms with E-state index in [1.165, 1.54) is 5.56 Å². The summed E-state index contributed by atoms with van der Waals surface area (Å²) in [5.74, 6) is 0.492. The van der Waals surface area contributed by atoms with Gasteiger partial charge in [0.25, 0.3) is 0 Å². The van der Waals surface area contributed by atoms with Gasteiger partial charge in [0.15, 0.2) is 0 Å². The molecule has 2 heterocycles. The van der Waals surface area contributed by atoms with Gasteiger partial charge in [-0.15, -0.1) is 0 Å². The Morgan fingerprint density at radius 1 is 1.04 bits per heavy atom. The SMILES string of the molecule is CC1CCc2ccccc2N1C(=O)CN1CCN(c2ccc(O)cc2)CC1. The third-order valence-electron chi connectivity index (χ3n) is 5.74. The van der Waals surface area contributed by atoms with Crippen LogP contribution in [0.5, 0.6) is 5.75 Å². The third kappa shape index (κ3) is 3.78. The van der Waals surface area contributed by atoms with Crippen molar-refractivity contribution in [3.05, 3.63) is 54.1 Å². The molecule has 5 heteroatoms. The van der Waals surface area contributed by atoms with Crippen molar-refractivity contribution < 1.29 is 9.90 Å². The highest BCUT2D eigenvalue weighted by Crippen LogP contribution is 2.30. The molecule has 2 aromatic rings. The maximum Gasteiger partial charge on any atom is 0.241 e. The molecule has 0 aliphatic carbocycles. The maximum absolute atomic E-state index is 13.1. The lowest BCUT2D eigenvalue weighted by Gasteiger charge is -2.39. The van der Waals surface area contributed by atoms with Crippen LogP contribution in [0, 0.1) is 0 Å². The molecule has 0 radical (unpaired) electrons. The van der Waals surface area contributed by atoms with Gasteiger partial charge in [-0.05, 0) is 55.7 Å². The third-order valence-corrected chi connectivity index (χ3v) is 5.74. The predicted molar refractivity (Wildman–Crippen MR) is 108 cm³/mol. The summed E-state index contributed by atoms with van der Waals surface area (Å²) in [5.41, 5.74) is 3.49. The molecule has 0 saturated carbocycles. The van der Waals surface area contributed by atoms with E-state index >= 15 is 0 Å². The van der Waals surface area contributed by atoms with Crippen LogP contribution in [0.1, 0.15) is 18.9 Å². The van der Waals surface area contributed by atoms with Crippen LogP contribution in [-0.4, -0.2) is 54.7 Å². The predicted octanol–water partition coefficient (Wildman–Crippen LogP) is 2.88. The Morgan fingerprint density at radius 2 is 1.74 bits per heavy atom. The number of hydrogen-bond acceptors (Lipinski definition) is 4. The van der Waals surface area contributed by atoms with E-state index in [1.54, 1.807) is 12.1 Å². The summed E-state index contributed by atoms with van der Waals surface area (Å²) in [4.78, 5) is 19.6. The van der Waals surface area contributed by atoms with Crippen LogP contribution in [0.15, 0.2) is 48.5 Å². The van der Waals surface area contributed by atoms with Crippen LogP contribution in [0.25, 0.3) is 0 Å². The summed E-state index contributed by atoms with van der Waals surface area (Å²) < 4.78 is 0. The Kier molecular flexibility index (Phi) is 5.03. The zero-order chi connectivity index (χ0) is 18.8. The van der Waals surface area contributed by atoms with Gasteiger partial charge < -0.3 is 14.9 Å². The molecule has 27 heavy (non-hydrogen) atoms. The van der Waals surface area contributed by atoms with Crippen LogP contribution in [-0.2, 0) is 11.2 Å². The highest BCUT2D eigenvalue weighted by atomic mass is 16.3. The lowest BCUT2D eigenvalue weighted by atomic mass is 9.96. The second-order valence-electron chi connectivity index (χ2n) is 7.56. The first-order valence-electron chi connectivity index (χ1n) is 9.78. The van der Waals surface area contributed by atoms with Gasteiger partial charge in [-0.25, -0.2) is 0 Å². The molecule has 1 N–H and O–H groups in total. The van der Waals surface area contributed by atoms with E-state index in [0.29, 0.717) is 12.3 Å². The fourth-order valence-electron chi connectivity index (χ4n) is 4.16. The molecule has 1 amide bonds. The molecule has 1 unspecified atom stereocenters. The number of anilines is 2. The molecule has 142 valence electrons. The van der Waals surface area contributed by atoms with Crippen LogP contribution in [0.2, 0.25) is 0 Å². The number of phenolic OH excluding ortho intramolecular Hbond substituents is 1. The van der Waals surface area contributed by atoms with Crippen molar-refractivity contribution in [2.45, 2.75) is 25.8 Å². The fourth-order valence-corrected chi connectivity index (χ4v) is 4.16. The van der Waals surface area contributed by atoms with Crippen LogP contribution < -0.4 is 9.80 Å². The molecule has 0 bridgehead atoms. The number of phenols is 1. The smallest absolute Gasteiger partial charge is 0.241 e. The number of piperazine rings is 1. The number of para-hydroxylation sites is 1. The summed E-state index contributed by atoms with van der Waals surface area (Å²) in [5, 5.41) is 9.44. The Labute approximate surface area is 160 Å². The Balaban J connectivity index is 1.38. The van der Waals surface area contributed by atoms with E-state index in [1.807, 2.05) is 23.1 Å². The number of hydrogen-bond donors (Lipinski definition) is 1. The lowest BCUT2D eigenvalue weighted by Crippen LogP contribution is -2.52. The van der Waals surface area contributed by atoms with Crippen molar-refractivity contribution in [1.29, 1.82) is 0 Å². The summed E-state index contributed by atoms with van der Waals surface area (Å²) in [6.07, 6.45) is 2.07. The first kappa shape index (κ1) is 17.9. The highest BCUT2D eigenvalue weighted by molar-refractivity contribution is 5.96. The molecule has 2 aromatic carbocycles. The molecular formula is C22H27N3O2. The number of rotatable bonds is 3. The van der Waals surface area contributed by atoms with Crippen molar-refractivity contribution in [2.24, 2.45) is 0 Å². The minimum atomic E-state index is 0.202. The first-order chi connectivity index (χ1) is 13.1. The minimum Gasteiger partial charge on any atom is -0.508 e. The van der Waals surface area contributed by atoms with Crippen molar-refractivity contribution in [3.63, 3.8) is 0 Å². The number of carbonyl (C=O) groups is 1. The molecule has 2 aliphatic heterocycles. The average molecular weight is 365 g/mol. The van der Waals surface area contributed by atoms with E-state index in [2.05, 4.69) is 34.9 Å². The Bertz CT molecular complexity index is 797. The van der Waals surface area contributed by atoms with Crippen molar-refractivity contribution in [2.75, 3.05) is 42.5 Å². The van der Waals surface area contributed by atoms with Crippen LogP contribution in [0.4, 0.5) is 11.4 Å². The maximum atomic E-state index is 13.1. The fraction of sp³-hybridized carbons (Fsp3) is 0.409. The van der Waals surface area contributed by atoms with Crippen molar-refractivity contribution in [1.82, 2.24) is 4.90 Å². The summed E-state index contributed by atoms with van der Waals surface area (Å²) >= 11 is 0. The molecule has 4 rings (SSSR count). The molecule has 0 aromatic heterocycles. The Morgan fingerprint density at radius 3 is 2.48 bits per heavy atom. The van der Waals surface area contributed by atoms with Gasteiger partial charge in [0.2, 0.25) is 5.91 Å². The largest absolute Gasteiger partial charge is 0.508 e. The molecule has 2 aliphatic rings. The number of aryl methyl sites for hydroxylation is 1. The molecular weight excluding hydrogens is 338 g/mol. The van der Waals surface area contributed by atoms with Crippen molar-refractivity contribution >= 4 is 17.3 Å². The molecule has 1 atom stereocenters. The topological polar surface area (TPSA) is 47.0 Å². The van der Waals surface area contributed by atoms with Gasteiger partial charge in [-0.2, -0.15) is 0 Å². The van der Waals surface area contributed by atoms with E-state index in [9.17, 15) is 9.90 Å². The second kappa shape index (κ2) is 7.61. The molecule has 1 saturated heterocycles. The number of nitrogens with zero attached hydrogens (tertiary/aromatic N) is 3. The molecule has 0 spiro atoms. The lowest BCUT2D eigenvalue weighted by molar-refractivity contribution is -0.120. The van der Waals surface area contributed by atoms with E-state index in [0.717, 1.165) is 50.4 Å². The van der Waals surface area contributed by atoms with Gasteiger partial charge >= 0.3 is 0 Å². The number of aromatic hydroxyl groups is 1. The van der Waals surface area contributed by atoms with Gasteiger partial charge in [0.05, 0.1) is 6.54 Å². The zero-order valence-corrected chi connectivity index (χ0v) is 15.8. The molecule has 1 fully saturated rings. The van der Waals surface area contributed by atoms with Gasteiger partial charge in [-0.3, -0.25) is 9.69 Å². The van der Waals surface area contributed by atoms with E-state index < -0.39 is 0 Å². The number of benzene rings is 2. The quantitative estimate of drug-likeness (QED) is 0.909. The number of carbonyl (C=O) groups excluding carboxylic acids is 1. The Hall–Kier alpha value is -2.53. The van der Waals surface area contributed by atoms with E-state index in [4.69, 9.17) is 0 Å². The van der Waals surface area contributed by atoms with Crippen LogP contribution in [0.3, 0.4) is 0 Å². The van der Waals surface area contributed by atoms with Crippen LogP contribution >= 0.6 is 0 Å². The summed E-state index contributed by atoms with van der Waals surface area (Å²) in [6.45, 7) is 6.15. The van der Waals surface area contributed by atoms with Crippen molar-refractivity contribution in [3.8, 4) is 5.75 Å². The highest BCUT2D eigenvalue weighted by Gasteiger charge is 2.29. The summed E-state index contributed by atoms with van der Waals surface area (Å²) in [7, 11) is 0. The normalized spacial score (nSPS) is 20.4. The molecule has 5 nitrogen and oxygen atoms in total. The number of amides is 1. The van der Waals surface area contributed by atoms with Gasteiger partial charge in [0.1, 0.15) is 5.75 Å². The standard InChI is InChI=1S/C22H27N3O2/c1-17-6-7-18-4-2-3-5-21(18)25(17)22(27)16-23-12-14-24(15-13-23)19-8-10-20(26)11-9-19/h2-5,8-11,17,26H,6-7,12-16H2,1H3. The minimum absolute atomic E-state index is 0.202. The zero-order valence-electron chi connectivity index (χ0n) is 15.8. The monoisotopic (exact) mass is 365 g/mol. The summed E-state index contributed by atoms with van der Waals surface area (Å²) in [6, 6.07) is 15.9. The second-order valence-corrected chi connectivity index (χ2v) is 7.56.